The second-order valence-corrected chi connectivity index (χ2v) is 7.08. The van der Waals surface area contributed by atoms with Crippen LogP contribution in [0, 0.1) is 0 Å². The minimum atomic E-state index is 0.244. The van der Waals surface area contributed by atoms with Crippen LogP contribution in [0.25, 0.3) is 0 Å². The molecule has 1 aromatic rings. The topological polar surface area (TPSA) is 35.2 Å². The normalized spacial score (nSPS) is 26.7. The molecule has 3 heteroatoms. The molecule has 0 radical (unpaired) electrons. The average Bonchev–Trinajstić information content (AvgIpc) is 3.22. The first-order valence-corrected chi connectivity index (χ1v) is 8.47. The summed E-state index contributed by atoms with van der Waals surface area (Å²) in [5.74, 6) is 3.43. The largest absolute Gasteiger partial charge is 0.490 e. The molecule has 0 spiro atoms. The lowest BCUT2D eigenvalue weighted by atomic mass is 9.89. The fraction of sp³-hybridized carbons (Fsp3) is 0.625. The molecule has 2 atom stereocenters. The molecule has 104 valence electrons. The Bertz CT molecular complexity index is 419. The Morgan fingerprint density at radius 2 is 2.05 bits per heavy atom. The summed E-state index contributed by atoms with van der Waals surface area (Å²) in [5.41, 5.74) is 7.75. The Morgan fingerprint density at radius 3 is 2.58 bits per heavy atom. The molecule has 0 amide bonds. The van der Waals surface area contributed by atoms with Crippen molar-refractivity contribution in [2.45, 2.75) is 50.2 Å². The first-order chi connectivity index (χ1) is 9.21. The lowest BCUT2D eigenvalue weighted by Gasteiger charge is -2.24. The van der Waals surface area contributed by atoms with E-state index in [0.29, 0.717) is 6.10 Å². The van der Waals surface area contributed by atoms with Crippen LogP contribution in [0.4, 0.5) is 0 Å². The zero-order valence-electron chi connectivity index (χ0n) is 11.6. The monoisotopic (exact) mass is 277 g/mol. The fourth-order valence-electron chi connectivity index (χ4n) is 3.00. The second-order valence-electron chi connectivity index (χ2n) is 5.93. The number of nitrogens with two attached hydrogens (primary N) is 1. The van der Waals surface area contributed by atoms with E-state index in [1.807, 2.05) is 11.8 Å². The molecule has 1 saturated carbocycles. The maximum atomic E-state index is 6.12. The van der Waals surface area contributed by atoms with Crippen LogP contribution >= 0.6 is 11.8 Å². The molecule has 19 heavy (non-hydrogen) atoms. The zero-order valence-corrected chi connectivity index (χ0v) is 12.4. The Balaban J connectivity index is 1.66. The summed E-state index contributed by atoms with van der Waals surface area (Å²) in [6, 6.07) is 8.91. The Labute approximate surface area is 120 Å². The van der Waals surface area contributed by atoms with Crippen molar-refractivity contribution < 1.29 is 4.74 Å². The third kappa shape index (κ3) is 2.77. The van der Waals surface area contributed by atoms with E-state index in [0.717, 1.165) is 11.5 Å². The quantitative estimate of drug-likeness (QED) is 0.917. The maximum absolute atomic E-state index is 6.12. The van der Waals surface area contributed by atoms with E-state index < -0.39 is 0 Å². The second kappa shape index (κ2) is 5.37. The van der Waals surface area contributed by atoms with E-state index in [2.05, 4.69) is 31.2 Å². The van der Waals surface area contributed by atoms with Crippen LogP contribution in [0.5, 0.6) is 5.75 Å². The summed E-state index contributed by atoms with van der Waals surface area (Å²) >= 11 is 2.00. The molecule has 2 nitrogen and oxygen atoms in total. The molecule has 2 aliphatic rings. The van der Waals surface area contributed by atoms with Crippen LogP contribution in [-0.2, 0) is 5.41 Å². The third-order valence-corrected chi connectivity index (χ3v) is 5.70. The average molecular weight is 277 g/mol. The van der Waals surface area contributed by atoms with Crippen LogP contribution < -0.4 is 10.5 Å². The lowest BCUT2D eigenvalue weighted by molar-refractivity contribution is 0.211. The van der Waals surface area contributed by atoms with Gasteiger partial charge < -0.3 is 10.5 Å². The van der Waals surface area contributed by atoms with Gasteiger partial charge in [0.05, 0.1) is 0 Å². The van der Waals surface area contributed by atoms with Gasteiger partial charge in [0.2, 0.25) is 0 Å². The van der Waals surface area contributed by atoms with Gasteiger partial charge in [-0.3, -0.25) is 0 Å². The highest BCUT2D eigenvalue weighted by Crippen LogP contribution is 2.50. The molecule has 2 fully saturated rings. The molecule has 0 bridgehead atoms. The van der Waals surface area contributed by atoms with Gasteiger partial charge >= 0.3 is 0 Å². The van der Waals surface area contributed by atoms with Crippen molar-refractivity contribution in [3.63, 3.8) is 0 Å². The van der Waals surface area contributed by atoms with E-state index in [1.54, 1.807) is 0 Å². The van der Waals surface area contributed by atoms with Gasteiger partial charge in [-0.1, -0.05) is 12.1 Å². The van der Waals surface area contributed by atoms with Crippen LogP contribution in [0.2, 0.25) is 0 Å². The van der Waals surface area contributed by atoms with Crippen molar-refractivity contribution >= 4 is 11.8 Å². The number of rotatable bonds is 4. The van der Waals surface area contributed by atoms with Crippen LogP contribution in [0.3, 0.4) is 0 Å². The van der Waals surface area contributed by atoms with Gasteiger partial charge in [-0.05, 0) is 56.1 Å². The molecule has 0 aromatic heterocycles. The molecular formula is C16H23NOS. The highest BCUT2D eigenvalue weighted by Gasteiger charge is 2.47. The van der Waals surface area contributed by atoms with Crippen LogP contribution in [-0.4, -0.2) is 23.7 Å². The first kappa shape index (κ1) is 13.3. The van der Waals surface area contributed by atoms with E-state index in [-0.39, 0.29) is 11.5 Å². The van der Waals surface area contributed by atoms with Crippen molar-refractivity contribution in [3.05, 3.63) is 29.8 Å². The predicted octanol–water partition coefficient (Wildman–Crippen LogP) is 3.34. The third-order valence-electron chi connectivity index (χ3n) is 4.51. The van der Waals surface area contributed by atoms with E-state index >= 15 is 0 Å². The van der Waals surface area contributed by atoms with Crippen molar-refractivity contribution in [1.82, 2.24) is 0 Å². The Kier molecular flexibility index (Phi) is 3.77. The lowest BCUT2D eigenvalue weighted by Crippen LogP contribution is -2.31. The summed E-state index contributed by atoms with van der Waals surface area (Å²) in [6.07, 6.45) is 5.32. The van der Waals surface area contributed by atoms with Crippen molar-refractivity contribution in [2.24, 2.45) is 5.73 Å². The number of hydrogen-bond acceptors (Lipinski definition) is 3. The smallest absolute Gasteiger partial charge is 0.119 e. The minimum absolute atomic E-state index is 0.244. The van der Waals surface area contributed by atoms with Gasteiger partial charge in [0.25, 0.3) is 0 Å². The first-order valence-electron chi connectivity index (χ1n) is 7.31. The molecule has 1 aromatic carbocycles. The molecule has 2 unspecified atom stereocenters. The SMILES string of the molecule is CC(N)C1(c2ccc(OC3CCCSC3)cc2)CC1. The molecule has 3 rings (SSSR count). The maximum Gasteiger partial charge on any atom is 0.119 e. The summed E-state index contributed by atoms with van der Waals surface area (Å²) in [4.78, 5) is 0. The summed E-state index contributed by atoms with van der Waals surface area (Å²) < 4.78 is 6.05. The molecule has 1 aliphatic carbocycles. The van der Waals surface area contributed by atoms with Crippen molar-refractivity contribution in [1.29, 1.82) is 0 Å². The molecule has 1 heterocycles. The van der Waals surface area contributed by atoms with Gasteiger partial charge in [0.1, 0.15) is 11.9 Å². The Morgan fingerprint density at radius 1 is 1.32 bits per heavy atom. The number of thioether (sulfide) groups is 1. The van der Waals surface area contributed by atoms with Gasteiger partial charge in [-0.15, -0.1) is 0 Å². The van der Waals surface area contributed by atoms with Crippen molar-refractivity contribution in [2.75, 3.05) is 11.5 Å². The summed E-state index contributed by atoms with van der Waals surface area (Å²) in [6.45, 7) is 2.12. The van der Waals surface area contributed by atoms with Crippen LogP contribution in [0.1, 0.15) is 38.2 Å². The van der Waals surface area contributed by atoms with Gasteiger partial charge in [-0.2, -0.15) is 11.8 Å². The van der Waals surface area contributed by atoms with Crippen molar-refractivity contribution in [3.8, 4) is 5.75 Å². The number of benzene rings is 1. The Hall–Kier alpha value is -0.670. The fourth-order valence-corrected chi connectivity index (χ4v) is 4.04. The zero-order chi connectivity index (χ0) is 13.3. The summed E-state index contributed by atoms with van der Waals surface area (Å²) in [7, 11) is 0. The molecular weight excluding hydrogens is 254 g/mol. The highest BCUT2D eigenvalue weighted by molar-refractivity contribution is 7.99. The van der Waals surface area contributed by atoms with Gasteiger partial charge in [-0.25, -0.2) is 0 Å². The van der Waals surface area contributed by atoms with E-state index in [1.165, 1.54) is 37.0 Å². The highest BCUT2D eigenvalue weighted by atomic mass is 32.2. The molecule has 1 aliphatic heterocycles. The van der Waals surface area contributed by atoms with Gasteiger partial charge in [0, 0.05) is 17.2 Å². The minimum Gasteiger partial charge on any atom is -0.490 e. The van der Waals surface area contributed by atoms with Gasteiger partial charge in [0.15, 0.2) is 0 Å². The molecule has 1 saturated heterocycles. The summed E-state index contributed by atoms with van der Waals surface area (Å²) in [5, 5.41) is 0. The van der Waals surface area contributed by atoms with Crippen LogP contribution in [0.15, 0.2) is 24.3 Å². The predicted molar refractivity (Wildman–Crippen MR) is 82.0 cm³/mol. The van der Waals surface area contributed by atoms with E-state index in [9.17, 15) is 0 Å². The number of hydrogen-bond donors (Lipinski definition) is 1. The standard InChI is InChI=1S/C16H23NOS/c1-12(17)16(8-9-16)13-4-6-14(7-5-13)18-15-3-2-10-19-11-15/h4-7,12,15H,2-3,8-11,17H2,1H3. The van der Waals surface area contributed by atoms with E-state index in [4.69, 9.17) is 10.5 Å². The molecule has 2 N–H and O–H groups in total. The number of ether oxygens (including phenoxy) is 1.